The molecule has 1 aliphatic rings. The molecule has 154 valence electrons. The first-order chi connectivity index (χ1) is 13.9. The summed E-state index contributed by atoms with van der Waals surface area (Å²) in [4.78, 5) is 16.4. The first kappa shape index (κ1) is 20.8. The number of anilines is 1. The van der Waals surface area contributed by atoms with Gasteiger partial charge in [-0.1, -0.05) is 12.5 Å². The van der Waals surface area contributed by atoms with Gasteiger partial charge in [0.25, 0.3) is 15.9 Å². The molecule has 9 heteroatoms. The molecule has 1 heterocycles. The Hall–Kier alpha value is -2.94. The molecule has 7 nitrogen and oxygen atoms in total. The molecule has 0 aromatic heterocycles. The number of nitrogens with one attached hydrogen (secondary N) is 2. The predicted molar refractivity (Wildman–Crippen MR) is 108 cm³/mol. The second kappa shape index (κ2) is 9.51. The average molecular weight is 419 g/mol. The lowest BCUT2D eigenvalue weighted by atomic mass is 10.2. The highest BCUT2D eigenvalue weighted by Crippen LogP contribution is 2.17. The Kier molecular flexibility index (Phi) is 6.82. The van der Waals surface area contributed by atoms with E-state index in [1.54, 1.807) is 12.1 Å². The van der Waals surface area contributed by atoms with Gasteiger partial charge in [0.05, 0.1) is 4.90 Å². The van der Waals surface area contributed by atoms with Crippen molar-refractivity contribution in [1.29, 1.82) is 0 Å². The number of aliphatic imine (C=N–C) groups is 1. The maximum atomic E-state index is 12.9. The molecule has 2 aromatic rings. The van der Waals surface area contributed by atoms with Gasteiger partial charge < -0.3 is 10.1 Å². The quantitative estimate of drug-likeness (QED) is 0.752. The number of ether oxygens (including phenoxy) is 1. The van der Waals surface area contributed by atoms with E-state index >= 15 is 0 Å². The molecule has 0 radical (unpaired) electrons. The molecular weight excluding hydrogens is 397 g/mol. The number of benzene rings is 2. The van der Waals surface area contributed by atoms with Gasteiger partial charge in [-0.3, -0.25) is 14.5 Å². The van der Waals surface area contributed by atoms with E-state index in [-0.39, 0.29) is 11.5 Å². The Bertz CT molecular complexity index is 991. The Balaban J connectivity index is 1.61. The number of nitrogens with zero attached hydrogens (tertiary/aromatic N) is 1. The van der Waals surface area contributed by atoms with Gasteiger partial charge in [0.2, 0.25) is 0 Å². The lowest BCUT2D eigenvalue weighted by Gasteiger charge is -2.11. The fourth-order valence-corrected chi connectivity index (χ4v) is 3.92. The summed E-state index contributed by atoms with van der Waals surface area (Å²) in [5.41, 5.74) is 0.323. The summed E-state index contributed by atoms with van der Waals surface area (Å²) >= 11 is 0. The summed E-state index contributed by atoms with van der Waals surface area (Å²) in [5, 5.41) is 2.59. The molecule has 0 saturated heterocycles. The number of amidine groups is 1. The molecule has 0 saturated carbocycles. The maximum Gasteiger partial charge on any atom is 0.262 e. The van der Waals surface area contributed by atoms with Crippen molar-refractivity contribution in [1.82, 2.24) is 4.72 Å². The summed E-state index contributed by atoms with van der Waals surface area (Å²) in [6.45, 7) is 0.319. The van der Waals surface area contributed by atoms with Crippen LogP contribution in [-0.4, -0.2) is 33.3 Å². The standard InChI is InChI=1S/C20H22FN3O4S/c21-15-8-10-17(11-9-15)28-14-20(25)23-16-5-4-6-18(13-16)29(26,27)24-19-7-2-1-3-12-22-19/h4-6,8-11,13H,1-3,7,12,14H2,(H,22,24)(H,23,25). The lowest BCUT2D eigenvalue weighted by molar-refractivity contribution is -0.118. The SMILES string of the molecule is O=C(COc1ccc(F)cc1)Nc1cccc(S(=O)(=O)NC2=NCCCCC2)c1. The first-order valence-corrected chi connectivity index (χ1v) is 10.8. The van der Waals surface area contributed by atoms with Crippen LogP contribution in [0.25, 0.3) is 0 Å². The minimum absolute atomic E-state index is 0.0294. The zero-order chi connectivity index (χ0) is 20.7. The van der Waals surface area contributed by atoms with Gasteiger partial charge in [0, 0.05) is 18.7 Å². The monoisotopic (exact) mass is 419 g/mol. The number of amides is 1. The van der Waals surface area contributed by atoms with Gasteiger partial charge >= 0.3 is 0 Å². The molecule has 1 amide bonds. The number of carbonyl (C=O) groups excluding carboxylic acids is 1. The van der Waals surface area contributed by atoms with Crippen LogP contribution >= 0.6 is 0 Å². The normalized spacial score (nSPS) is 14.4. The largest absolute Gasteiger partial charge is 0.484 e. The van der Waals surface area contributed by atoms with E-state index in [9.17, 15) is 17.6 Å². The van der Waals surface area contributed by atoms with Crippen LogP contribution in [0.2, 0.25) is 0 Å². The highest BCUT2D eigenvalue weighted by molar-refractivity contribution is 7.90. The predicted octanol–water partition coefficient (Wildman–Crippen LogP) is 3.09. The molecule has 2 N–H and O–H groups in total. The Morgan fingerprint density at radius 3 is 2.69 bits per heavy atom. The molecular formula is C20H22FN3O4S. The summed E-state index contributed by atoms with van der Waals surface area (Å²) in [6, 6.07) is 11.2. The number of hydrogen-bond acceptors (Lipinski definition) is 5. The van der Waals surface area contributed by atoms with E-state index in [1.807, 2.05) is 0 Å². The van der Waals surface area contributed by atoms with Gasteiger partial charge in [-0.2, -0.15) is 0 Å². The molecule has 0 atom stereocenters. The van der Waals surface area contributed by atoms with Crippen molar-refractivity contribution < 1.29 is 22.3 Å². The van der Waals surface area contributed by atoms with Gasteiger partial charge in [-0.25, -0.2) is 12.8 Å². The molecule has 0 unspecified atom stereocenters. The third-order valence-corrected chi connectivity index (χ3v) is 5.62. The van der Waals surface area contributed by atoms with E-state index in [1.165, 1.54) is 36.4 Å². The smallest absolute Gasteiger partial charge is 0.262 e. The first-order valence-electron chi connectivity index (χ1n) is 9.27. The highest BCUT2D eigenvalue weighted by atomic mass is 32.2. The van der Waals surface area contributed by atoms with Gasteiger partial charge in [-0.05, 0) is 55.3 Å². The van der Waals surface area contributed by atoms with Crippen LogP contribution in [0.3, 0.4) is 0 Å². The van der Waals surface area contributed by atoms with Crippen LogP contribution in [0.15, 0.2) is 58.4 Å². The minimum atomic E-state index is -3.79. The van der Waals surface area contributed by atoms with Crippen molar-refractivity contribution in [3.8, 4) is 5.75 Å². The third kappa shape index (κ3) is 6.28. The Morgan fingerprint density at radius 2 is 1.90 bits per heavy atom. The number of sulfonamides is 1. The zero-order valence-electron chi connectivity index (χ0n) is 15.7. The van der Waals surface area contributed by atoms with Gasteiger partial charge in [-0.15, -0.1) is 0 Å². The topological polar surface area (TPSA) is 96.9 Å². The van der Waals surface area contributed by atoms with E-state index < -0.39 is 21.7 Å². The van der Waals surface area contributed by atoms with E-state index in [0.717, 1.165) is 19.3 Å². The number of halogens is 1. The van der Waals surface area contributed by atoms with Crippen molar-refractivity contribution in [3.05, 3.63) is 54.3 Å². The van der Waals surface area contributed by atoms with Crippen molar-refractivity contribution in [3.63, 3.8) is 0 Å². The fourth-order valence-electron chi connectivity index (χ4n) is 2.79. The van der Waals surface area contributed by atoms with Gasteiger partial charge in [0.15, 0.2) is 6.61 Å². The van der Waals surface area contributed by atoms with Crippen LogP contribution in [0.5, 0.6) is 5.75 Å². The molecule has 0 fully saturated rings. The average Bonchev–Trinajstić information content (AvgIpc) is 2.96. The molecule has 3 rings (SSSR count). The summed E-state index contributed by atoms with van der Waals surface area (Å²) in [7, 11) is -3.79. The molecule has 1 aliphatic heterocycles. The van der Waals surface area contributed by atoms with Crippen molar-refractivity contribution in [2.75, 3.05) is 18.5 Å². The summed E-state index contributed by atoms with van der Waals surface area (Å²) in [6.07, 6.45) is 3.46. The van der Waals surface area contributed by atoms with Gasteiger partial charge in [0.1, 0.15) is 17.4 Å². The number of carbonyl (C=O) groups is 1. The third-order valence-electron chi connectivity index (χ3n) is 4.24. The highest BCUT2D eigenvalue weighted by Gasteiger charge is 2.18. The second-order valence-electron chi connectivity index (χ2n) is 6.56. The van der Waals surface area contributed by atoms with Crippen LogP contribution in [-0.2, 0) is 14.8 Å². The van der Waals surface area contributed by atoms with Crippen molar-refractivity contribution in [2.45, 2.75) is 30.6 Å². The molecule has 0 aliphatic carbocycles. The molecule has 0 bridgehead atoms. The second-order valence-corrected chi connectivity index (χ2v) is 8.25. The fraction of sp³-hybridized carbons (Fsp3) is 0.300. The van der Waals surface area contributed by atoms with Crippen molar-refractivity contribution >= 4 is 27.5 Å². The molecule has 0 spiro atoms. The van der Waals surface area contributed by atoms with Crippen molar-refractivity contribution in [2.24, 2.45) is 4.99 Å². The zero-order valence-corrected chi connectivity index (χ0v) is 16.5. The van der Waals surface area contributed by atoms with E-state index in [4.69, 9.17) is 4.74 Å². The minimum Gasteiger partial charge on any atom is -0.484 e. The summed E-state index contributed by atoms with van der Waals surface area (Å²) in [5.74, 6) is -0.0517. The molecule has 2 aromatic carbocycles. The summed E-state index contributed by atoms with van der Waals surface area (Å²) < 4.78 is 46.0. The Morgan fingerprint density at radius 1 is 1.10 bits per heavy atom. The van der Waals surface area contributed by atoms with E-state index in [2.05, 4.69) is 15.0 Å². The van der Waals surface area contributed by atoms with Crippen LogP contribution < -0.4 is 14.8 Å². The van der Waals surface area contributed by atoms with E-state index in [0.29, 0.717) is 30.2 Å². The number of rotatable bonds is 6. The Labute approximate surface area is 169 Å². The molecule has 29 heavy (non-hydrogen) atoms. The number of hydrogen-bond donors (Lipinski definition) is 2. The maximum absolute atomic E-state index is 12.9. The van der Waals surface area contributed by atoms with Crippen LogP contribution in [0, 0.1) is 5.82 Å². The van der Waals surface area contributed by atoms with Crippen LogP contribution in [0.1, 0.15) is 25.7 Å². The van der Waals surface area contributed by atoms with Crippen LogP contribution in [0.4, 0.5) is 10.1 Å². The lowest BCUT2D eigenvalue weighted by Crippen LogP contribution is -2.30.